The van der Waals surface area contributed by atoms with Crippen LogP contribution in [-0.2, 0) is 0 Å². The van der Waals surface area contributed by atoms with Crippen LogP contribution in [0.15, 0.2) is 12.2 Å². The van der Waals surface area contributed by atoms with E-state index < -0.39 is 0 Å². The Morgan fingerprint density at radius 3 is 2.56 bits per heavy atom. The van der Waals surface area contributed by atoms with Gasteiger partial charge in [-0.2, -0.15) is 0 Å². The molecule has 0 amide bonds. The predicted octanol–water partition coefficient (Wildman–Crippen LogP) is 2.97. The molecule has 0 spiro atoms. The van der Waals surface area contributed by atoms with Crippen molar-refractivity contribution in [2.75, 3.05) is 0 Å². The van der Waals surface area contributed by atoms with Crippen molar-refractivity contribution in [1.29, 1.82) is 0 Å². The van der Waals surface area contributed by atoms with E-state index in [1.54, 1.807) is 0 Å². The van der Waals surface area contributed by atoms with Gasteiger partial charge in [0.05, 0.1) is 5.38 Å². The minimum Gasteiger partial charge on any atom is -0.118 e. The van der Waals surface area contributed by atoms with Crippen LogP contribution in [0.1, 0.15) is 26.7 Å². The molecule has 0 radical (unpaired) electrons. The van der Waals surface area contributed by atoms with E-state index in [1.165, 1.54) is 6.42 Å². The molecular weight excluding hydrogens is 132 g/mol. The van der Waals surface area contributed by atoms with Crippen molar-refractivity contribution in [2.45, 2.75) is 32.1 Å². The van der Waals surface area contributed by atoms with E-state index in [9.17, 15) is 0 Å². The highest BCUT2D eigenvalue weighted by Crippen LogP contribution is 2.31. The lowest BCUT2D eigenvalue weighted by Crippen LogP contribution is -2.15. The van der Waals surface area contributed by atoms with Crippen molar-refractivity contribution in [3.05, 3.63) is 12.2 Å². The molecule has 0 heterocycles. The Morgan fingerprint density at radius 1 is 1.56 bits per heavy atom. The Hall–Kier alpha value is 0.0300. The highest BCUT2D eigenvalue weighted by Gasteiger charge is 2.19. The van der Waals surface area contributed by atoms with Crippen molar-refractivity contribution in [1.82, 2.24) is 0 Å². The molecule has 0 N–H and O–H groups in total. The highest BCUT2D eigenvalue weighted by molar-refractivity contribution is 6.21. The smallest absolute Gasteiger partial charge is 0.0516 e. The molecule has 0 saturated heterocycles. The summed E-state index contributed by atoms with van der Waals surface area (Å²) in [5.74, 6) is 0. The molecule has 1 aliphatic rings. The largest absolute Gasteiger partial charge is 0.118 e. The van der Waals surface area contributed by atoms with Crippen LogP contribution in [0.2, 0.25) is 0 Å². The Kier molecular flexibility index (Phi) is 1.85. The second-order valence-electron chi connectivity index (χ2n) is 3.40. The number of hydrogen-bond acceptors (Lipinski definition) is 0. The van der Waals surface area contributed by atoms with Gasteiger partial charge in [-0.25, -0.2) is 0 Å². The maximum Gasteiger partial charge on any atom is 0.0516 e. The molecule has 1 rings (SSSR count). The summed E-state index contributed by atoms with van der Waals surface area (Å²) in [6.45, 7) is 4.48. The van der Waals surface area contributed by atoms with Crippen molar-refractivity contribution >= 4 is 11.6 Å². The van der Waals surface area contributed by atoms with Gasteiger partial charge in [0, 0.05) is 0 Å². The van der Waals surface area contributed by atoms with Gasteiger partial charge in [0.2, 0.25) is 0 Å². The standard InChI is InChI=1S/C8H13Cl/c1-8(2)5-3-7(9)4-6-8/h3,5,7H,4,6H2,1-2H3. The lowest BCUT2D eigenvalue weighted by molar-refractivity contribution is 0.407. The van der Waals surface area contributed by atoms with E-state index in [0.717, 1.165) is 6.42 Å². The zero-order chi connectivity index (χ0) is 6.91. The van der Waals surface area contributed by atoms with Gasteiger partial charge in [-0.1, -0.05) is 26.0 Å². The average molecular weight is 145 g/mol. The van der Waals surface area contributed by atoms with Crippen LogP contribution < -0.4 is 0 Å². The van der Waals surface area contributed by atoms with Gasteiger partial charge in [0.1, 0.15) is 0 Å². The summed E-state index contributed by atoms with van der Waals surface area (Å²) in [6, 6.07) is 0. The van der Waals surface area contributed by atoms with Gasteiger partial charge in [-0.15, -0.1) is 11.6 Å². The maximum atomic E-state index is 5.86. The minimum atomic E-state index is 0.290. The fourth-order valence-corrected chi connectivity index (χ4v) is 1.24. The number of alkyl halides is 1. The van der Waals surface area contributed by atoms with Gasteiger partial charge < -0.3 is 0 Å². The van der Waals surface area contributed by atoms with Crippen LogP contribution >= 0.6 is 11.6 Å². The van der Waals surface area contributed by atoms with Gasteiger partial charge in [0.25, 0.3) is 0 Å². The monoisotopic (exact) mass is 144 g/mol. The van der Waals surface area contributed by atoms with Crippen molar-refractivity contribution < 1.29 is 0 Å². The molecular formula is C8H13Cl. The molecule has 9 heavy (non-hydrogen) atoms. The lowest BCUT2D eigenvalue weighted by Gasteiger charge is -2.25. The molecule has 0 bridgehead atoms. The third kappa shape index (κ3) is 2.02. The average Bonchev–Trinajstić information content (AvgIpc) is 1.78. The zero-order valence-corrected chi connectivity index (χ0v) is 6.78. The van der Waals surface area contributed by atoms with Crippen LogP contribution in [0.5, 0.6) is 0 Å². The first-order chi connectivity index (χ1) is 4.10. The summed E-state index contributed by atoms with van der Waals surface area (Å²) in [6.07, 6.45) is 6.67. The van der Waals surface area contributed by atoms with Crippen molar-refractivity contribution in [3.8, 4) is 0 Å². The van der Waals surface area contributed by atoms with Crippen LogP contribution in [-0.4, -0.2) is 5.38 Å². The van der Waals surface area contributed by atoms with Gasteiger partial charge in [0.15, 0.2) is 0 Å². The molecule has 0 nitrogen and oxygen atoms in total. The fraction of sp³-hybridized carbons (Fsp3) is 0.750. The summed E-state index contributed by atoms with van der Waals surface area (Å²) < 4.78 is 0. The Morgan fingerprint density at radius 2 is 2.22 bits per heavy atom. The van der Waals surface area contributed by atoms with E-state index in [1.807, 2.05) is 0 Å². The lowest BCUT2D eigenvalue weighted by atomic mass is 9.83. The minimum absolute atomic E-state index is 0.290. The molecule has 1 heteroatoms. The summed E-state index contributed by atoms with van der Waals surface area (Å²) in [4.78, 5) is 0. The highest BCUT2D eigenvalue weighted by atomic mass is 35.5. The Labute approximate surface area is 61.9 Å². The molecule has 1 aliphatic carbocycles. The first-order valence-corrected chi connectivity index (χ1v) is 3.87. The summed E-state index contributed by atoms with van der Waals surface area (Å²) >= 11 is 5.86. The fourth-order valence-electron chi connectivity index (χ4n) is 1.05. The summed E-state index contributed by atoms with van der Waals surface area (Å²) in [5, 5.41) is 0.290. The molecule has 52 valence electrons. The zero-order valence-electron chi connectivity index (χ0n) is 6.02. The Balaban J connectivity index is 2.58. The first kappa shape index (κ1) is 7.14. The van der Waals surface area contributed by atoms with E-state index >= 15 is 0 Å². The number of allylic oxidation sites excluding steroid dienone is 2. The second-order valence-corrected chi connectivity index (χ2v) is 3.96. The molecule has 0 fully saturated rings. The Bertz CT molecular complexity index is 125. The molecule has 0 saturated carbocycles. The second kappa shape index (κ2) is 2.34. The topological polar surface area (TPSA) is 0 Å². The van der Waals surface area contributed by atoms with Crippen molar-refractivity contribution in [3.63, 3.8) is 0 Å². The number of halogens is 1. The molecule has 0 aromatic carbocycles. The maximum absolute atomic E-state index is 5.86. The van der Waals surface area contributed by atoms with Gasteiger partial charge >= 0.3 is 0 Å². The van der Waals surface area contributed by atoms with E-state index in [-0.39, 0.29) is 5.38 Å². The molecule has 1 unspecified atom stereocenters. The van der Waals surface area contributed by atoms with Crippen LogP contribution in [0, 0.1) is 5.41 Å². The molecule has 0 aliphatic heterocycles. The van der Waals surface area contributed by atoms with Crippen molar-refractivity contribution in [2.24, 2.45) is 5.41 Å². The van der Waals surface area contributed by atoms with Crippen LogP contribution in [0.25, 0.3) is 0 Å². The van der Waals surface area contributed by atoms with Crippen LogP contribution in [0.3, 0.4) is 0 Å². The molecule has 0 aromatic rings. The summed E-state index contributed by atoms with van der Waals surface area (Å²) in [5.41, 5.74) is 0.394. The first-order valence-electron chi connectivity index (χ1n) is 3.44. The quantitative estimate of drug-likeness (QED) is 0.362. The SMILES string of the molecule is CC1(C)C=CC(Cl)CC1. The molecule has 0 aromatic heterocycles. The van der Waals surface area contributed by atoms with E-state index in [0.29, 0.717) is 5.41 Å². The van der Waals surface area contributed by atoms with Gasteiger partial charge in [-0.3, -0.25) is 0 Å². The third-order valence-electron chi connectivity index (χ3n) is 1.82. The molecule has 1 atom stereocenters. The predicted molar refractivity (Wildman–Crippen MR) is 41.8 cm³/mol. The van der Waals surface area contributed by atoms with E-state index in [4.69, 9.17) is 11.6 Å². The number of hydrogen-bond donors (Lipinski definition) is 0. The van der Waals surface area contributed by atoms with E-state index in [2.05, 4.69) is 26.0 Å². The van der Waals surface area contributed by atoms with Crippen LogP contribution in [0.4, 0.5) is 0 Å². The number of rotatable bonds is 0. The van der Waals surface area contributed by atoms with Gasteiger partial charge in [-0.05, 0) is 18.3 Å². The normalized spacial score (nSPS) is 32.6. The third-order valence-corrected chi connectivity index (χ3v) is 2.18. The summed E-state index contributed by atoms with van der Waals surface area (Å²) in [7, 11) is 0.